The second kappa shape index (κ2) is 8.38. The summed E-state index contributed by atoms with van der Waals surface area (Å²) in [5.74, 6) is 0.605. The molecule has 0 aliphatic rings. The van der Waals surface area contributed by atoms with Gasteiger partial charge >= 0.3 is 0 Å². The lowest BCUT2D eigenvalue weighted by molar-refractivity contribution is 0.0787. The van der Waals surface area contributed by atoms with Crippen molar-refractivity contribution in [3.05, 3.63) is 53.2 Å². The molecule has 0 bridgehead atoms. The van der Waals surface area contributed by atoms with Gasteiger partial charge in [0, 0.05) is 31.8 Å². The summed E-state index contributed by atoms with van der Waals surface area (Å²) in [6.45, 7) is 4.80. The third-order valence-corrected chi connectivity index (χ3v) is 3.67. The molecule has 0 spiro atoms. The van der Waals surface area contributed by atoms with E-state index in [1.165, 1.54) is 6.07 Å². The topological polar surface area (TPSA) is 58.1 Å². The van der Waals surface area contributed by atoms with Crippen molar-refractivity contribution in [3.63, 3.8) is 0 Å². The predicted octanol–water partition coefficient (Wildman–Crippen LogP) is 3.41. The Labute approximate surface area is 141 Å². The van der Waals surface area contributed by atoms with Crippen LogP contribution in [-0.4, -0.2) is 34.4 Å². The second-order valence-corrected chi connectivity index (χ2v) is 5.71. The number of aryl methyl sites for hydroxylation is 1. The molecule has 2 rings (SSSR count). The molecule has 1 amide bonds. The van der Waals surface area contributed by atoms with Gasteiger partial charge in [-0.1, -0.05) is 31.5 Å². The van der Waals surface area contributed by atoms with Gasteiger partial charge < -0.3 is 10.2 Å². The molecular formula is C18H23FN4O. The highest BCUT2D eigenvalue weighted by Crippen LogP contribution is 2.12. The van der Waals surface area contributed by atoms with Crippen LogP contribution in [0.4, 0.5) is 10.2 Å². The van der Waals surface area contributed by atoms with Crippen LogP contribution in [0, 0.1) is 12.7 Å². The molecule has 1 aromatic heterocycles. The summed E-state index contributed by atoms with van der Waals surface area (Å²) in [6.07, 6.45) is 1.97. The summed E-state index contributed by atoms with van der Waals surface area (Å²) in [7, 11) is 1.77. The van der Waals surface area contributed by atoms with E-state index in [0.717, 1.165) is 12.8 Å². The Bertz CT molecular complexity index is 705. The van der Waals surface area contributed by atoms with Crippen LogP contribution >= 0.6 is 0 Å². The van der Waals surface area contributed by atoms with Gasteiger partial charge in [-0.15, -0.1) is 0 Å². The summed E-state index contributed by atoms with van der Waals surface area (Å²) < 4.78 is 13.7. The maximum Gasteiger partial charge on any atom is 0.272 e. The smallest absolute Gasteiger partial charge is 0.272 e. The summed E-state index contributed by atoms with van der Waals surface area (Å²) in [6, 6.07) is 8.17. The first-order chi connectivity index (χ1) is 11.5. The van der Waals surface area contributed by atoms with Gasteiger partial charge in [0.15, 0.2) is 0 Å². The molecule has 0 atom stereocenters. The standard InChI is InChI=1S/C18H23FN4O/c1-4-5-10-23(3)18(24)16-11-17(22-13(2)21-16)20-12-14-8-6-7-9-15(14)19/h6-9,11H,4-5,10,12H2,1-3H3,(H,20,21,22). The van der Waals surface area contributed by atoms with E-state index in [0.29, 0.717) is 36.0 Å². The van der Waals surface area contributed by atoms with Crippen molar-refractivity contribution in [2.75, 3.05) is 18.9 Å². The Kier molecular flexibility index (Phi) is 6.23. The molecule has 0 saturated heterocycles. The average Bonchev–Trinajstić information content (AvgIpc) is 2.57. The minimum Gasteiger partial charge on any atom is -0.366 e. The summed E-state index contributed by atoms with van der Waals surface area (Å²) in [5, 5.41) is 3.06. The molecular weight excluding hydrogens is 307 g/mol. The molecule has 0 saturated carbocycles. The van der Waals surface area contributed by atoms with Crippen molar-refractivity contribution in [2.45, 2.75) is 33.2 Å². The fourth-order valence-corrected chi connectivity index (χ4v) is 2.29. The molecule has 0 fully saturated rings. The van der Waals surface area contributed by atoms with Gasteiger partial charge in [-0.25, -0.2) is 14.4 Å². The van der Waals surface area contributed by atoms with Gasteiger partial charge in [0.25, 0.3) is 5.91 Å². The molecule has 1 N–H and O–H groups in total. The SMILES string of the molecule is CCCCN(C)C(=O)c1cc(NCc2ccccc2F)nc(C)n1. The molecule has 1 aromatic carbocycles. The van der Waals surface area contributed by atoms with Crippen LogP contribution in [-0.2, 0) is 6.54 Å². The number of hydrogen-bond acceptors (Lipinski definition) is 4. The van der Waals surface area contributed by atoms with E-state index in [2.05, 4.69) is 22.2 Å². The first-order valence-electron chi connectivity index (χ1n) is 8.09. The van der Waals surface area contributed by atoms with Crippen LogP contribution in [0.2, 0.25) is 0 Å². The quantitative estimate of drug-likeness (QED) is 0.845. The second-order valence-electron chi connectivity index (χ2n) is 5.71. The fraction of sp³-hybridized carbons (Fsp3) is 0.389. The third kappa shape index (κ3) is 4.75. The number of nitrogens with zero attached hydrogens (tertiary/aromatic N) is 3. The maximum absolute atomic E-state index is 13.7. The zero-order valence-electron chi connectivity index (χ0n) is 14.3. The van der Waals surface area contributed by atoms with Gasteiger partial charge in [-0.3, -0.25) is 4.79 Å². The summed E-state index contributed by atoms with van der Waals surface area (Å²) >= 11 is 0. The van der Waals surface area contributed by atoms with Crippen molar-refractivity contribution in [3.8, 4) is 0 Å². The monoisotopic (exact) mass is 330 g/mol. The lowest BCUT2D eigenvalue weighted by Crippen LogP contribution is -2.28. The van der Waals surface area contributed by atoms with E-state index < -0.39 is 0 Å². The molecule has 128 valence electrons. The fourth-order valence-electron chi connectivity index (χ4n) is 2.29. The Morgan fingerprint density at radius 2 is 2.04 bits per heavy atom. The van der Waals surface area contributed by atoms with Crippen LogP contribution in [0.3, 0.4) is 0 Å². The molecule has 6 heteroatoms. The van der Waals surface area contributed by atoms with Gasteiger partial charge in [0.2, 0.25) is 0 Å². The van der Waals surface area contributed by atoms with Crippen LogP contribution in [0.25, 0.3) is 0 Å². The Balaban J connectivity index is 2.10. The molecule has 1 heterocycles. The summed E-state index contributed by atoms with van der Waals surface area (Å²) in [4.78, 5) is 22.6. The number of benzene rings is 1. The third-order valence-electron chi connectivity index (χ3n) is 3.67. The van der Waals surface area contributed by atoms with Gasteiger partial charge in [0.1, 0.15) is 23.2 Å². The normalized spacial score (nSPS) is 10.5. The van der Waals surface area contributed by atoms with E-state index in [1.807, 2.05) is 0 Å². The maximum atomic E-state index is 13.7. The molecule has 0 radical (unpaired) electrons. The highest BCUT2D eigenvalue weighted by Gasteiger charge is 2.15. The van der Waals surface area contributed by atoms with Gasteiger partial charge in [-0.05, 0) is 19.4 Å². The van der Waals surface area contributed by atoms with Crippen LogP contribution < -0.4 is 5.32 Å². The minimum absolute atomic E-state index is 0.136. The van der Waals surface area contributed by atoms with E-state index >= 15 is 0 Å². The molecule has 0 unspecified atom stereocenters. The number of halogens is 1. The van der Waals surface area contributed by atoms with E-state index in [1.54, 1.807) is 43.1 Å². The molecule has 24 heavy (non-hydrogen) atoms. The predicted molar refractivity (Wildman–Crippen MR) is 92.4 cm³/mol. The minimum atomic E-state index is -0.272. The Morgan fingerprint density at radius 3 is 2.75 bits per heavy atom. The van der Waals surface area contributed by atoms with Crippen molar-refractivity contribution in [1.82, 2.24) is 14.9 Å². The number of hydrogen-bond donors (Lipinski definition) is 1. The molecule has 0 aliphatic carbocycles. The van der Waals surface area contributed by atoms with Crippen molar-refractivity contribution in [2.24, 2.45) is 0 Å². The first kappa shape index (κ1) is 17.8. The molecule has 2 aromatic rings. The van der Waals surface area contributed by atoms with E-state index in [4.69, 9.17) is 0 Å². The van der Waals surface area contributed by atoms with E-state index in [-0.39, 0.29) is 11.7 Å². The van der Waals surface area contributed by atoms with Crippen LogP contribution in [0.1, 0.15) is 41.6 Å². The van der Waals surface area contributed by atoms with Crippen LogP contribution in [0.5, 0.6) is 0 Å². The number of aromatic nitrogens is 2. The van der Waals surface area contributed by atoms with Crippen molar-refractivity contribution < 1.29 is 9.18 Å². The zero-order chi connectivity index (χ0) is 17.5. The number of carbonyl (C=O) groups excluding carboxylic acids is 1. The number of amides is 1. The van der Waals surface area contributed by atoms with Crippen molar-refractivity contribution >= 4 is 11.7 Å². The molecule has 5 nitrogen and oxygen atoms in total. The number of nitrogens with one attached hydrogen (secondary N) is 1. The van der Waals surface area contributed by atoms with Gasteiger partial charge in [0.05, 0.1) is 0 Å². The van der Waals surface area contributed by atoms with Crippen molar-refractivity contribution in [1.29, 1.82) is 0 Å². The van der Waals surface area contributed by atoms with Gasteiger partial charge in [-0.2, -0.15) is 0 Å². The Morgan fingerprint density at radius 1 is 1.29 bits per heavy atom. The lowest BCUT2D eigenvalue weighted by Gasteiger charge is -2.17. The summed E-state index contributed by atoms with van der Waals surface area (Å²) in [5.41, 5.74) is 0.888. The first-order valence-corrected chi connectivity index (χ1v) is 8.09. The highest BCUT2D eigenvalue weighted by molar-refractivity contribution is 5.92. The Hall–Kier alpha value is -2.50. The lowest BCUT2D eigenvalue weighted by atomic mass is 10.2. The average molecular weight is 330 g/mol. The number of carbonyl (C=O) groups is 1. The highest BCUT2D eigenvalue weighted by atomic mass is 19.1. The number of unbranched alkanes of at least 4 members (excludes halogenated alkanes) is 1. The number of rotatable bonds is 7. The largest absolute Gasteiger partial charge is 0.366 e. The van der Waals surface area contributed by atoms with E-state index in [9.17, 15) is 9.18 Å². The zero-order valence-corrected chi connectivity index (χ0v) is 14.3. The number of anilines is 1. The van der Waals surface area contributed by atoms with Crippen LogP contribution in [0.15, 0.2) is 30.3 Å². The molecule has 0 aliphatic heterocycles.